The van der Waals surface area contributed by atoms with Gasteiger partial charge in [0.15, 0.2) is 5.96 Å². The molecule has 1 aromatic rings. The highest BCUT2D eigenvalue weighted by Gasteiger charge is 2.12. The molecule has 27 heavy (non-hydrogen) atoms. The van der Waals surface area contributed by atoms with Crippen LogP contribution in [0.15, 0.2) is 23.2 Å². The molecule has 0 bridgehead atoms. The third-order valence-corrected chi connectivity index (χ3v) is 5.14. The molecule has 2 rings (SSSR count). The second-order valence-electron chi connectivity index (χ2n) is 7.34. The van der Waals surface area contributed by atoms with Crippen molar-refractivity contribution >= 4 is 5.96 Å². The summed E-state index contributed by atoms with van der Waals surface area (Å²) in [6.07, 6.45) is 3.31. The number of guanidine groups is 1. The molecule has 0 atom stereocenters. The van der Waals surface area contributed by atoms with Gasteiger partial charge in [0.25, 0.3) is 0 Å². The molecule has 152 valence electrons. The molecule has 1 fully saturated rings. The molecule has 1 aromatic carbocycles. The van der Waals surface area contributed by atoms with E-state index in [0.29, 0.717) is 0 Å². The Hall–Kier alpha value is -1.79. The van der Waals surface area contributed by atoms with Gasteiger partial charge < -0.3 is 25.2 Å². The van der Waals surface area contributed by atoms with E-state index in [1.807, 2.05) is 13.1 Å². The lowest BCUT2D eigenvalue weighted by Gasteiger charge is -2.32. The average Bonchev–Trinajstić information content (AvgIpc) is 2.68. The van der Waals surface area contributed by atoms with Crippen molar-refractivity contribution in [3.8, 4) is 5.75 Å². The van der Waals surface area contributed by atoms with Crippen molar-refractivity contribution in [2.45, 2.75) is 26.2 Å². The predicted molar refractivity (Wildman–Crippen MR) is 114 cm³/mol. The van der Waals surface area contributed by atoms with Crippen molar-refractivity contribution in [2.75, 3.05) is 67.0 Å². The summed E-state index contributed by atoms with van der Waals surface area (Å²) in [5.41, 5.74) is 2.49. The fourth-order valence-corrected chi connectivity index (χ4v) is 3.38. The Balaban J connectivity index is 1.60. The van der Waals surface area contributed by atoms with Crippen LogP contribution >= 0.6 is 0 Å². The first kappa shape index (κ1) is 21.5. The summed E-state index contributed by atoms with van der Waals surface area (Å²) in [6, 6.07) is 6.31. The van der Waals surface area contributed by atoms with Crippen molar-refractivity contribution in [1.29, 1.82) is 0 Å². The fraction of sp³-hybridized carbons (Fsp3) is 0.667. The van der Waals surface area contributed by atoms with Crippen LogP contribution in [0.25, 0.3) is 0 Å². The summed E-state index contributed by atoms with van der Waals surface area (Å²) in [5.74, 6) is 1.83. The van der Waals surface area contributed by atoms with Crippen LogP contribution < -0.4 is 15.4 Å². The minimum atomic E-state index is 0.834. The Bertz CT molecular complexity index is 582. The Kier molecular flexibility index (Phi) is 9.42. The first-order valence-corrected chi connectivity index (χ1v) is 10.1. The van der Waals surface area contributed by atoms with Crippen LogP contribution in [-0.4, -0.2) is 82.8 Å². The van der Waals surface area contributed by atoms with Gasteiger partial charge in [-0.25, -0.2) is 0 Å². The van der Waals surface area contributed by atoms with Crippen molar-refractivity contribution in [1.82, 2.24) is 20.4 Å². The predicted octanol–water partition coefficient (Wildman–Crippen LogP) is 1.74. The van der Waals surface area contributed by atoms with Crippen molar-refractivity contribution < 1.29 is 4.74 Å². The quantitative estimate of drug-likeness (QED) is 0.391. The van der Waals surface area contributed by atoms with Crippen molar-refractivity contribution in [2.24, 2.45) is 4.99 Å². The molecule has 0 amide bonds. The van der Waals surface area contributed by atoms with Gasteiger partial charge >= 0.3 is 0 Å². The molecular weight excluding hydrogens is 338 g/mol. The van der Waals surface area contributed by atoms with Crippen molar-refractivity contribution in [3.63, 3.8) is 0 Å². The summed E-state index contributed by atoms with van der Waals surface area (Å²) >= 11 is 0. The molecule has 0 aliphatic carbocycles. The SMILES string of the molecule is CN=C(NCCCCN1CCN(C)CC1)NCCc1cc(C)ccc1OC. The van der Waals surface area contributed by atoms with E-state index < -0.39 is 0 Å². The second kappa shape index (κ2) is 11.8. The first-order valence-electron chi connectivity index (χ1n) is 10.1. The van der Waals surface area contributed by atoms with Gasteiger partial charge in [0.05, 0.1) is 7.11 Å². The van der Waals surface area contributed by atoms with Crippen molar-refractivity contribution in [3.05, 3.63) is 29.3 Å². The summed E-state index contributed by atoms with van der Waals surface area (Å²) in [7, 11) is 5.76. The zero-order valence-corrected chi connectivity index (χ0v) is 17.6. The van der Waals surface area contributed by atoms with Crippen LogP contribution in [0.5, 0.6) is 5.75 Å². The highest BCUT2D eigenvalue weighted by atomic mass is 16.5. The third-order valence-electron chi connectivity index (χ3n) is 5.14. The molecule has 1 saturated heterocycles. The Labute approximate surface area is 165 Å². The number of benzene rings is 1. The van der Waals surface area contributed by atoms with Crippen LogP contribution in [0.3, 0.4) is 0 Å². The molecule has 1 aliphatic rings. The van der Waals surface area contributed by atoms with E-state index in [4.69, 9.17) is 4.74 Å². The molecule has 1 aliphatic heterocycles. The van der Waals surface area contributed by atoms with E-state index >= 15 is 0 Å². The smallest absolute Gasteiger partial charge is 0.190 e. The minimum absolute atomic E-state index is 0.834. The molecule has 0 unspecified atom stereocenters. The summed E-state index contributed by atoms with van der Waals surface area (Å²) in [6.45, 7) is 9.90. The maximum Gasteiger partial charge on any atom is 0.190 e. The first-order chi connectivity index (χ1) is 13.1. The number of hydrogen-bond acceptors (Lipinski definition) is 4. The monoisotopic (exact) mass is 375 g/mol. The third kappa shape index (κ3) is 7.77. The highest BCUT2D eigenvalue weighted by Crippen LogP contribution is 2.19. The number of aryl methyl sites for hydroxylation is 1. The van der Waals surface area contributed by atoms with E-state index in [-0.39, 0.29) is 0 Å². The number of nitrogens with one attached hydrogen (secondary N) is 2. The van der Waals surface area contributed by atoms with Gasteiger partial charge in [-0.05, 0) is 51.4 Å². The Morgan fingerprint density at radius 3 is 2.56 bits per heavy atom. The number of likely N-dealkylation sites (N-methyl/N-ethyl adjacent to an activating group) is 1. The van der Waals surface area contributed by atoms with Gasteiger partial charge in [0, 0.05) is 46.3 Å². The standard InChI is InChI=1S/C21H37N5O/c1-18-7-8-20(27-4)19(17-18)9-11-24-21(22-2)23-10-5-6-12-26-15-13-25(3)14-16-26/h7-8,17H,5-6,9-16H2,1-4H3,(H2,22,23,24). The summed E-state index contributed by atoms with van der Waals surface area (Å²) < 4.78 is 5.45. The Morgan fingerprint density at radius 1 is 1.11 bits per heavy atom. The molecule has 1 heterocycles. The molecular formula is C21H37N5O. The van der Waals surface area contributed by atoms with E-state index in [2.05, 4.69) is 51.5 Å². The van der Waals surface area contributed by atoms with Gasteiger partial charge in [0.1, 0.15) is 5.75 Å². The lowest BCUT2D eigenvalue weighted by Crippen LogP contribution is -2.44. The van der Waals surface area contributed by atoms with Crippen LogP contribution in [0.1, 0.15) is 24.0 Å². The fourth-order valence-electron chi connectivity index (χ4n) is 3.38. The van der Waals surface area contributed by atoms with Gasteiger partial charge in [0.2, 0.25) is 0 Å². The van der Waals surface area contributed by atoms with Gasteiger partial charge in [-0.2, -0.15) is 0 Å². The Morgan fingerprint density at radius 2 is 1.85 bits per heavy atom. The normalized spacial score (nSPS) is 16.4. The minimum Gasteiger partial charge on any atom is -0.496 e. The molecule has 6 nitrogen and oxygen atoms in total. The summed E-state index contributed by atoms with van der Waals surface area (Å²) in [5, 5.41) is 6.82. The topological polar surface area (TPSA) is 52.1 Å². The highest BCUT2D eigenvalue weighted by molar-refractivity contribution is 5.79. The molecule has 0 spiro atoms. The van der Waals surface area contributed by atoms with Crippen LogP contribution in [0.4, 0.5) is 0 Å². The number of piperazine rings is 1. The van der Waals surface area contributed by atoms with Gasteiger partial charge in [-0.1, -0.05) is 17.7 Å². The lowest BCUT2D eigenvalue weighted by atomic mass is 10.1. The lowest BCUT2D eigenvalue weighted by molar-refractivity contribution is 0.152. The van der Waals surface area contributed by atoms with E-state index in [0.717, 1.165) is 31.2 Å². The zero-order valence-electron chi connectivity index (χ0n) is 17.6. The van der Waals surface area contributed by atoms with E-state index in [9.17, 15) is 0 Å². The number of nitrogens with zero attached hydrogens (tertiary/aromatic N) is 3. The van der Waals surface area contributed by atoms with Crippen LogP contribution in [0.2, 0.25) is 0 Å². The maximum atomic E-state index is 5.45. The molecule has 6 heteroatoms. The number of ether oxygens (including phenoxy) is 1. The number of aliphatic imine (C=N–C) groups is 1. The largest absolute Gasteiger partial charge is 0.496 e. The van der Waals surface area contributed by atoms with E-state index in [1.54, 1.807) is 7.11 Å². The molecule has 0 aromatic heterocycles. The summed E-state index contributed by atoms with van der Waals surface area (Å²) in [4.78, 5) is 9.30. The number of rotatable bonds is 9. The zero-order chi connectivity index (χ0) is 19.5. The van der Waals surface area contributed by atoms with Crippen LogP contribution in [0, 0.1) is 6.92 Å². The molecule has 0 saturated carbocycles. The molecule has 2 N–H and O–H groups in total. The second-order valence-corrected chi connectivity index (χ2v) is 7.34. The van der Waals surface area contributed by atoms with Gasteiger partial charge in [-0.15, -0.1) is 0 Å². The van der Waals surface area contributed by atoms with E-state index in [1.165, 1.54) is 56.7 Å². The number of methoxy groups -OCH3 is 1. The molecule has 0 radical (unpaired) electrons. The number of hydrogen-bond donors (Lipinski definition) is 2. The van der Waals surface area contributed by atoms with Gasteiger partial charge in [-0.3, -0.25) is 4.99 Å². The maximum absolute atomic E-state index is 5.45. The average molecular weight is 376 g/mol. The van der Waals surface area contributed by atoms with Crippen LogP contribution in [-0.2, 0) is 6.42 Å². The number of unbranched alkanes of at least 4 members (excludes halogenated alkanes) is 1.